The van der Waals surface area contributed by atoms with E-state index < -0.39 is 5.91 Å². The molecule has 0 spiro atoms. The molecule has 0 aromatic carbocycles. The number of likely N-dealkylation sites (tertiary alicyclic amines) is 1. The highest BCUT2D eigenvalue weighted by molar-refractivity contribution is 5.93. The number of nitrogens with zero attached hydrogens (tertiary/aromatic N) is 1. The Hall–Kier alpha value is -1.82. The van der Waals surface area contributed by atoms with Gasteiger partial charge in [-0.25, -0.2) is 5.84 Å². The van der Waals surface area contributed by atoms with Crippen molar-refractivity contribution < 1.29 is 14.0 Å². The lowest BCUT2D eigenvalue weighted by molar-refractivity contribution is -0.131. The highest BCUT2D eigenvalue weighted by Gasteiger charge is 2.23. The summed E-state index contributed by atoms with van der Waals surface area (Å²) in [7, 11) is 0. The Labute approximate surface area is 124 Å². The van der Waals surface area contributed by atoms with E-state index >= 15 is 0 Å². The predicted molar refractivity (Wildman–Crippen MR) is 78.0 cm³/mol. The van der Waals surface area contributed by atoms with Gasteiger partial charge in [-0.05, 0) is 24.8 Å². The number of hydrazine groups is 1. The zero-order chi connectivity index (χ0) is 15.2. The summed E-state index contributed by atoms with van der Waals surface area (Å²) in [4.78, 5) is 25.3. The van der Waals surface area contributed by atoms with Crippen LogP contribution in [0.2, 0.25) is 0 Å². The quantitative estimate of drug-likeness (QED) is 0.492. The zero-order valence-electron chi connectivity index (χ0n) is 12.4. The van der Waals surface area contributed by atoms with Gasteiger partial charge < -0.3 is 9.32 Å². The molecule has 2 amide bonds. The lowest BCUT2D eigenvalue weighted by Crippen LogP contribution is -2.30. The Morgan fingerprint density at radius 2 is 2.33 bits per heavy atom. The van der Waals surface area contributed by atoms with Crippen molar-refractivity contribution in [2.75, 3.05) is 6.54 Å². The molecular weight excluding hydrogens is 270 g/mol. The first kappa shape index (κ1) is 15.6. The van der Waals surface area contributed by atoms with Crippen LogP contribution in [0.15, 0.2) is 16.7 Å². The molecule has 21 heavy (non-hydrogen) atoms. The smallest absolute Gasteiger partial charge is 0.268 e. The third kappa shape index (κ3) is 4.07. The van der Waals surface area contributed by atoms with Crippen molar-refractivity contribution in [3.05, 3.63) is 23.7 Å². The number of amides is 2. The van der Waals surface area contributed by atoms with E-state index in [0.717, 1.165) is 25.8 Å². The van der Waals surface area contributed by atoms with Gasteiger partial charge in [0.1, 0.15) is 12.0 Å². The summed E-state index contributed by atoms with van der Waals surface area (Å²) in [6.07, 6.45) is 6.32. The second-order valence-corrected chi connectivity index (χ2v) is 5.57. The number of hydrogen-bond donors (Lipinski definition) is 2. The molecular formula is C15H23N3O3. The SMILES string of the molecule is CCCC1CCC(=O)N(Cc2cc(C(=O)NN)co2)CC1. The molecule has 0 aliphatic carbocycles. The first-order valence-electron chi connectivity index (χ1n) is 7.50. The van der Waals surface area contributed by atoms with Crippen molar-refractivity contribution in [3.63, 3.8) is 0 Å². The van der Waals surface area contributed by atoms with Gasteiger partial charge in [-0.15, -0.1) is 0 Å². The van der Waals surface area contributed by atoms with Crippen LogP contribution < -0.4 is 11.3 Å². The number of hydrogen-bond acceptors (Lipinski definition) is 4. The highest BCUT2D eigenvalue weighted by atomic mass is 16.3. The van der Waals surface area contributed by atoms with E-state index in [4.69, 9.17) is 10.3 Å². The van der Waals surface area contributed by atoms with Crippen LogP contribution in [-0.4, -0.2) is 23.3 Å². The minimum atomic E-state index is -0.393. The highest BCUT2D eigenvalue weighted by Crippen LogP contribution is 2.24. The van der Waals surface area contributed by atoms with Crippen LogP contribution in [0.5, 0.6) is 0 Å². The summed E-state index contributed by atoms with van der Waals surface area (Å²) in [6, 6.07) is 1.63. The van der Waals surface area contributed by atoms with Crippen molar-refractivity contribution in [2.24, 2.45) is 11.8 Å². The summed E-state index contributed by atoms with van der Waals surface area (Å²) >= 11 is 0. The number of nitrogen functional groups attached to an aromatic ring is 1. The first-order chi connectivity index (χ1) is 10.1. The molecule has 6 nitrogen and oxygen atoms in total. The standard InChI is InChI=1S/C15H23N3O3/c1-2-3-11-4-5-14(19)18(7-6-11)9-13-8-12(10-21-13)15(20)17-16/h8,10-11H,2-7,9,16H2,1H3,(H,17,20). The summed E-state index contributed by atoms with van der Waals surface area (Å²) in [5.41, 5.74) is 2.43. The van der Waals surface area contributed by atoms with Gasteiger partial charge in [-0.1, -0.05) is 19.8 Å². The minimum Gasteiger partial charge on any atom is -0.467 e. The van der Waals surface area contributed by atoms with E-state index in [2.05, 4.69) is 12.3 Å². The molecule has 2 rings (SSSR count). The molecule has 1 aliphatic heterocycles. The average molecular weight is 293 g/mol. The number of rotatable bonds is 5. The van der Waals surface area contributed by atoms with Crippen LogP contribution >= 0.6 is 0 Å². The Kier molecular flexibility index (Phi) is 5.38. The summed E-state index contributed by atoms with van der Waals surface area (Å²) < 4.78 is 5.34. The number of nitrogens with two attached hydrogens (primary N) is 1. The van der Waals surface area contributed by atoms with E-state index in [1.165, 1.54) is 12.7 Å². The van der Waals surface area contributed by atoms with Crippen molar-refractivity contribution in [1.29, 1.82) is 0 Å². The fraction of sp³-hybridized carbons (Fsp3) is 0.600. The molecule has 0 bridgehead atoms. The monoisotopic (exact) mass is 293 g/mol. The summed E-state index contributed by atoms with van der Waals surface area (Å²) in [5, 5.41) is 0. The third-order valence-electron chi connectivity index (χ3n) is 4.02. The van der Waals surface area contributed by atoms with Crippen molar-refractivity contribution in [3.8, 4) is 0 Å². The van der Waals surface area contributed by atoms with Crippen LogP contribution in [0.4, 0.5) is 0 Å². The van der Waals surface area contributed by atoms with Gasteiger partial charge in [0.15, 0.2) is 0 Å². The predicted octanol–water partition coefficient (Wildman–Crippen LogP) is 1.81. The Morgan fingerprint density at radius 3 is 3.05 bits per heavy atom. The van der Waals surface area contributed by atoms with Crippen LogP contribution in [0.3, 0.4) is 0 Å². The van der Waals surface area contributed by atoms with Gasteiger partial charge in [-0.3, -0.25) is 15.0 Å². The van der Waals surface area contributed by atoms with E-state index in [1.807, 2.05) is 4.90 Å². The molecule has 3 N–H and O–H groups in total. The van der Waals surface area contributed by atoms with Gasteiger partial charge in [-0.2, -0.15) is 0 Å². The second-order valence-electron chi connectivity index (χ2n) is 5.57. The lowest BCUT2D eigenvalue weighted by Gasteiger charge is -2.19. The lowest BCUT2D eigenvalue weighted by atomic mass is 9.96. The molecule has 1 unspecified atom stereocenters. The van der Waals surface area contributed by atoms with Crippen molar-refractivity contribution in [2.45, 2.75) is 45.6 Å². The van der Waals surface area contributed by atoms with E-state index in [1.54, 1.807) is 6.07 Å². The van der Waals surface area contributed by atoms with Crippen LogP contribution in [-0.2, 0) is 11.3 Å². The molecule has 1 atom stereocenters. The number of carbonyl (C=O) groups excluding carboxylic acids is 2. The molecule has 1 saturated heterocycles. The molecule has 0 radical (unpaired) electrons. The fourth-order valence-corrected chi connectivity index (χ4v) is 2.81. The van der Waals surface area contributed by atoms with Gasteiger partial charge >= 0.3 is 0 Å². The fourth-order valence-electron chi connectivity index (χ4n) is 2.81. The van der Waals surface area contributed by atoms with Gasteiger partial charge in [0.2, 0.25) is 5.91 Å². The zero-order valence-corrected chi connectivity index (χ0v) is 12.4. The molecule has 1 aromatic rings. The Balaban J connectivity index is 1.96. The summed E-state index contributed by atoms with van der Waals surface area (Å²) in [5.74, 6) is 6.09. The van der Waals surface area contributed by atoms with Gasteiger partial charge in [0.25, 0.3) is 5.91 Å². The van der Waals surface area contributed by atoms with Gasteiger partial charge in [0, 0.05) is 13.0 Å². The minimum absolute atomic E-state index is 0.162. The van der Waals surface area contributed by atoms with Gasteiger partial charge in [0.05, 0.1) is 12.1 Å². The Morgan fingerprint density at radius 1 is 1.52 bits per heavy atom. The van der Waals surface area contributed by atoms with Crippen molar-refractivity contribution in [1.82, 2.24) is 10.3 Å². The maximum Gasteiger partial charge on any atom is 0.268 e. The normalized spacial score (nSPS) is 19.4. The third-order valence-corrected chi connectivity index (χ3v) is 4.02. The maximum absolute atomic E-state index is 12.2. The van der Waals surface area contributed by atoms with Crippen molar-refractivity contribution >= 4 is 11.8 Å². The molecule has 0 saturated carbocycles. The van der Waals surface area contributed by atoms with Crippen LogP contribution in [0.1, 0.15) is 55.1 Å². The summed E-state index contributed by atoms with van der Waals surface area (Å²) in [6.45, 7) is 3.34. The number of nitrogens with one attached hydrogen (secondary N) is 1. The van der Waals surface area contributed by atoms with Crippen LogP contribution in [0, 0.1) is 5.92 Å². The number of carbonyl (C=O) groups is 2. The van der Waals surface area contributed by atoms with E-state index in [0.29, 0.717) is 30.2 Å². The number of furan rings is 1. The molecule has 116 valence electrons. The Bertz CT molecular complexity index is 498. The molecule has 2 heterocycles. The maximum atomic E-state index is 12.2. The average Bonchev–Trinajstić information content (AvgIpc) is 2.88. The molecule has 6 heteroatoms. The van der Waals surface area contributed by atoms with Crippen LogP contribution in [0.25, 0.3) is 0 Å². The van der Waals surface area contributed by atoms with E-state index in [-0.39, 0.29) is 5.91 Å². The largest absolute Gasteiger partial charge is 0.467 e. The molecule has 1 aliphatic rings. The first-order valence-corrected chi connectivity index (χ1v) is 7.50. The second kappa shape index (κ2) is 7.26. The molecule has 1 fully saturated rings. The molecule has 1 aromatic heterocycles. The topological polar surface area (TPSA) is 88.6 Å². The van der Waals surface area contributed by atoms with E-state index in [9.17, 15) is 9.59 Å².